The summed E-state index contributed by atoms with van der Waals surface area (Å²) in [5, 5.41) is 6.37. The van der Waals surface area contributed by atoms with Crippen LogP contribution in [0.15, 0.2) is 73.3 Å². The van der Waals surface area contributed by atoms with Crippen molar-refractivity contribution in [2.45, 2.75) is 24.7 Å². The number of hydrogen-bond donors (Lipinski definition) is 2. The summed E-state index contributed by atoms with van der Waals surface area (Å²) in [6.45, 7) is 2.00. The molecule has 0 atom stereocenters. The Kier molecular flexibility index (Phi) is 6.47. The zero-order chi connectivity index (χ0) is 26.0. The van der Waals surface area contributed by atoms with Crippen LogP contribution in [0.25, 0.3) is 22.3 Å². The highest BCUT2D eigenvalue weighted by Gasteiger charge is 2.42. The second-order valence-electron chi connectivity index (χ2n) is 9.68. The Morgan fingerprint density at radius 2 is 1.68 bits per heavy atom. The molecular formula is C30H29N5O3. The van der Waals surface area contributed by atoms with Crippen molar-refractivity contribution < 1.29 is 14.3 Å². The Morgan fingerprint density at radius 1 is 0.921 bits per heavy atom. The molecule has 2 N–H and O–H groups in total. The highest BCUT2D eigenvalue weighted by atomic mass is 16.5. The van der Waals surface area contributed by atoms with E-state index >= 15 is 0 Å². The van der Waals surface area contributed by atoms with E-state index in [4.69, 9.17) is 9.47 Å². The zero-order valence-electron chi connectivity index (χ0n) is 21.2. The topological polar surface area (TPSA) is 98.3 Å². The summed E-state index contributed by atoms with van der Waals surface area (Å²) < 4.78 is 10.9. The average Bonchev–Trinajstić information content (AvgIpc) is 3.46. The van der Waals surface area contributed by atoms with Crippen molar-refractivity contribution in [3.05, 3.63) is 84.4 Å². The van der Waals surface area contributed by atoms with E-state index in [1.165, 1.54) is 5.56 Å². The predicted octanol–water partition coefficient (Wildman–Crippen LogP) is 4.87. The quantitative estimate of drug-likeness (QED) is 0.384. The molecule has 3 aromatic heterocycles. The van der Waals surface area contributed by atoms with Crippen molar-refractivity contribution in [1.29, 1.82) is 0 Å². The number of nitrogens with zero attached hydrogens (tertiary/aromatic N) is 3. The van der Waals surface area contributed by atoms with Crippen molar-refractivity contribution in [1.82, 2.24) is 15.0 Å². The number of hydrogen-bond acceptors (Lipinski definition) is 7. The molecule has 0 unspecified atom stereocenters. The number of rotatable bonds is 6. The Hall–Kier alpha value is -4.30. The number of aromatic nitrogens is 3. The monoisotopic (exact) mass is 507 g/mol. The molecule has 6 rings (SSSR count). The van der Waals surface area contributed by atoms with Crippen LogP contribution in [-0.2, 0) is 21.4 Å². The van der Waals surface area contributed by atoms with Crippen LogP contribution in [0.4, 0.5) is 11.6 Å². The van der Waals surface area contributed by atoms with E-state index in [0.717, 1.165) is 46.6 Å². The van der Waals surface area contributed by atoms with Gasteiger partial charge >= 0.3 is 0 Å². The number of anilines is 2. The molecule has 5 heterocycles. The van der Waals surface area contributed by atoms with Gasteiger partial charge in [0.1, 0.15) is 17.4 Å². The lowest BCUT2D eigenvalue weighted by molar-refractivity contribution is -0.125. The second kappa shape index (κ2) is 10.2. The van der Waals surface area contributed by atoms with E-state index in [1.54, 1.807) is 25.7 Å². The lowest BCUT2D eigenvalue weighted by atomic mass is 9.73. The van der Waals surface area contributed by atoms with Gasteiger partial charge in [-0.05, 0) is 60.2 Å². The maximum Gasteiger partial charge on any atom is 0.236 e. The zero-order valence-corrected chi connectivity index (χ0v) is 21.2. The molecule has 4 aromatic rings. The van der Waals surface area contributed by atoms with E-state index in [9.17, 15) is 4.79 Å². The van der Waals surface area contributed by atoms with Crippen molar-refractivity contribution in [2.24, 2.45) is 0 Å². The SMILES string of the molecule is COc1cncc(-c2ccc(NC(=O)C3(c4ccc(-c5cnc6c(c5)CCN6)cc4)CCOCC3)nc2)c1. The smallest absolute Gasteiger partial charge is 0.236 e. The molecule has 38 heavy (non-hydrogen) atoms. The minimum atomic E-state index is -0.687. The second-order valence-corrected chi connectivity index (χ2v) is 9.68. The number of ether oxygens (including phenoxy) is 2. The first kappa shape index (κ1) is 24.1. The third-order valence-electron chi connectivity index (χ3n) is 7.49. The molecule has 192 valence electrons. The molecule has 2 aliphatic rings. The van der Waals surface area contributed by atoms with Crippen LogP contribution in [0.3, 0.4) is 0 Å². The summed E-state index contributed by atoms with van der Waals surface area (Å²) in [5.74, 6) is 2.10. The molecule has 8 heteroatoms. The lowest BCUT2D eigenvalue weighted by Crippen LogP contribution is -2.45. The fourth-order valence-electron chi connectivity index (χ4n) is 5.24. The Labute approximate surface area is 221 Å². The van der Waals surface area contributed by atoms with Crippen molar-refractivity contribution in [3.63, 3.8) is 0 Å². The Bertz CT molecular complexity index is 1450. The maximum atomic E-state index is 13.8. The molecule has 0 radical (unpaired) electrons. The van der Waals surface area contributed by atoms with Crippen LogP contribution < -0.4 is 15.4 Å². The summed E-state index contributed by atoms with van der Waals surface area (Å²) in [6, 6.07) is 16.1. The summed E-state index contributed by atoms with van der Waals surface area (Å²) in [4.78, 5) is 27.0. The van der Waals surface area contributed by atoms with Crippen LogP contribution >= 0.6 is 0 Å². The molecule has 1 amide bonds. The first-order valence-electron chi connectivity index (χ1n) is 12.8. The van der Waals surface area contributed by atoms with E-state index in [-0.39, 0.29) is 5.91 Å². The highest BCUT2D eigenvalue weighted by Crippen LogP contribution is 2.37. The van der Waals surface area contributed by atoms with Gasteiger partial charge in [-0.2, -0.15) is 0 Å². The number of amides is 1. The van der Waals surface area contributed by atoms with E-state index in [0.29, 0.717) is 37.6 Å². The van der Waals surface area contributed by atoms with Crippen molar-refractivity contribution in [2.75, 3.05) is 37.5 Å². The fourth-order valence-corrected chi connectivity index (χ4v) is 5.24. The third-order valence-corrected chi connectivity index (χ3v) is 7.49. The summed E-state index contributed by atoms with van der Waals surface area (Å²) in [7, 11) is 1.61. The lowest BCUT2D eigenvalue weighted by Gasteiger charge is -2.36. The summed E-state index contributed by atoms with van der Waals surface area (Å²) in [6.07, 6.45) is 9.26. The molecule has 2 aliphatic heterocycles. The van der Waals surface area contributed by atoms with Gasteiger partial charge in [-0.3, -0.25) is 9.78 Å². The van der Waals surface area contributed by atoms with Crippen LogP contribution in [0.2, 0.25) is 0 Å². The molecule has 8 nitrogen and oxygen atoms in total. The summed E-state index contributed by atoms with van der Waals surface area (Å²) >= 11 is 0. The Balaban J connectivity index is 1.23. The van der Waals surface area contributed by atoms with Crippen LogP contribution in [0.1, 0.15) is 24.0 Å². The molecule has 0 spiro atoms. The molecule has 1 fully saturated rings. The van der Waals surface area contributed by atoms with Gasteiger partial charge in [0.05, 0.1) is 18.7 Å². The van der Waals surface area contributed by atoms with E-state index in [1.807, 2.05) is 24.4 Å². The van der Waals surface area contributed by atoms with Crippen molar-refractivity contribution >= 4 is 17.5 Å². The molecule has 1 saturated heterocycles. The van der Waals surface area contributed by atoms with Gasteiger partial charge in [-0.15, -0.1) is 0 Å². The number of fused-ring (bicyclic) bond motifs is 1. The molecule has 0 saturated carbocycles. The average molecular weight is 508 g/mol. The summed E-state index contributed by atoms with van der Waals surface area (Å²) in [5.41, 5.74) is 5.49. The van der Waals surface area contributed by atoms with Gasteiger partial charge in [-0.25, -0.2) is 9.97 Å². The highest BCUT2D eigenvalue weighted by molar-refractivity contribution is 5.99. The molecule has 1 aromatic carbocycles. The normalized spacial score (nSPS) is 15.8. The number of carbonyl (C=O) groups is 1. The standard InChI is InChI=1S/C30H29N5O3/c1-37-26-15-24(16-31-19-26)22-4-7-27(33-17-22)35-29(36)30(9-12-38-13-10-30)25-5-2-20(3-6-25)23-14-21-8-11-32-28(21)34-18-23/h2-7,14-19H,8-13H2,1H3,(H,32,34)(H,33,35,36). The number of benzene rings is 1. The minimum absolute atomic E-state index is 0.0675. The number of pyridine rings is 3. The molecule has 0 aliphatic carbocycles. The minimum Gasteiger partial charge on any atom is -0.495 e. The van der Waals surface area contributed by atoms with Gasteiger partial charge in [0, 0.05) is 55.0 Å². The van der Waals surface area contributed by atoms with Crippen LogP contribution in [-0.4, -0.2) is 47.7 Å². The van der Waals surface area contributed by atoms with Gasteiger partial charge in [0.25, 0.3) is 0 Å². The number of carbonyl (C=O) groups excluding carboxylic acids is 1. The van der Waals surface area contributed by atoms with Crippen molar-refractivity contribution in [3.8, 4) is 28.0 Å². The largest absolute Gasteiger partial charge is 0.495 e. The maximum absolute atomic E-state index is 13.8. The number of methoxy groups -OCH3 is 1. The third kappa shape index (κ3) is 4.59. The van der Waals surface area contributed by atoms with Crippen LogP contribution in [0, 0.1) is 0 Å². The first-order valence-corrected chi connectivity index (χ1v) is 12.8. The first-order chi connectivity index (χ1) is 18.6. The molecule has 0 bridgehead atoms. The number of nitrogens with one attached hydrogen (secondary N) is 2. The Morgan fingerprint density at radius 3 is 2.45 bits per heavy atom. The molecular weight excluding hydrogens is 478 g/mol. The van der Waals surface area contributed by atoms with Gasteiger partial charge in [0.2, 0.25) is 5.91 Å². The van der Waals surface area contributed by atoms with Crippen LogP contribution in [0.5, 0.6) is 5.75 Å². The van der Waals surface area contributed by atoms with E-state index < -0.39 is 5.41 Å². The fraction of sp³-hybridized carbons (Fsp3) is 0.267. The van der Waals surface area contributed by atoms with Gasteiger partial charge in [-0.1, -0.05) is 24.3 Å². The predicted molar refractivity (Wildman–Crippen MR) is 146 cm³/mol. The van der Waals surface area contributed by atoms with E-state index in [2.05, 4.69) is 55.9 Å². The van der Waals surface area contributed by atoms with Gasteiger partial charge in [0.15, 0.2) is 0 Å². The van der Waals surface area contributed by atoms with Gasteiger partial charge < -0.3 is 20.1 Å².